The quantitative estimate of drug-likeness (QED) is 0.161. The molecular weight excluding hydrogens is 615 g/mol. The molecule has 6 rings (SSSR count). The topological polar surface area (TPSA) is 159 Å². The first-order chi connectivity index (χ1) is 22.6. The number of para-hydroxylation sites is 1. The number of ether oxygens (including phenoxy) is 1. The lowest BCUT2D eigenvalue weighted by molar-refractivity contribution is -0.192. The maximum absolute atomic E-state index is 13.1. The van der Waals surface area contributed by atoms with Gasteiger partial charge in [-0.15, -0.1) is 0 Å². The summed E-state index contributed by atoms with van der Waals surface area (Å²) < 4.78 is 39.3. The molecule has 3 N–H and O–H groups in total. The fourth-order valence-electron chi connectivity index (χ4n) is 4.51. The molecule has 1 amide bonds. The van der Waals surface area contributed by atoms with E-state index in [1.807, 2.05) is 60.9 Å². The smallest absolute Gasteiger partial charge is 0.475 e. The molecule has 3 heterocycles. The summed E-state index contributed by atoms with van der Waals surface area (Å²) in [6.45, 7) is 0. The van der Waals surface area contributed by atoms with E-state index in [0.717, 1.165) is 33.6 Å². The number of carboxylic acids is 1. The number of benzene rings is 3. The van der Waals surface area contributed by atoms with Crippen molar-refractivity contribution in [3.63, 3.8) is 0 Å². The van der Waals surface area contributed by atoms with E-state index < -0.39 is 12.1 Å². The SMILES string of the molecule is N#CCC(c1cccc(C(=O)Nc2ccc(Oc3ccccc3)cc2)c1)n1cc(-c2ncnc3[nH]ccc23)cn1.O=C(O)C(F)(F)F. The van der Waals surface area contributed by atoms with Gasteiger partial charge in [-0.25, -0.2) is 14.8 Å². The molecule has 0 spiro atoms. The van der Waals surface area contributed by atoms with Crippen LogP contribution in [0.15, 0.2) is 110 Å². The number of fused-ring (bicyclic) bond motifs is 1. The number of nitrogens with zero attached hydrogens (tertiary/aromatic N) is 5. The van der Waals surface area contributed by atoms with Crippen molar-refractivity contribution in [3.05, 3.63) is 121 Å². The molecule has 236 valence electrons. The van der Waals surface area contributed by atoms with Gasteiger partial charge in [0.2, 0.25) is 0 Å². The lowest BCUT2D eigenvalue weighted by Crippen LogP contribution is -2.21. The van der Waals surface area contributed by atoms with Gasteiger partial charge >= 0.3 is 12.1 Å². The Morgan fingerprint density at radius 1 is 1.00 bits per heavy atom. The zero-order valence-electron chi connectivity index (χ0n) is 24.2. The van der Waals surface area contributed by atoms with Crippen molar-refractivity contribution in [2.24, 2.45) is 0 Å². The van der Waals surface area contributed by atoms with E-state index in [2.05, 4.69) is 31.4 Å². The number of hydrogen-bond acceptors (Lipinski definition) is 7. The van der Waals surface area contributed by atoms with Crippen molar-refractivity contribution >= 4 is 28.6 Å². The van der Waals surface area contributed by atoms with Gasteiger partial charge in [-0.05, 0) is 60.2 Å². The Hall–Kier alpha value is -6.49. The predicted octanol–water partition coefficient (Wildman–Crippen LogP) is 7.00. The van der Waals surface area contributed by atoms with Crippen LogP contribution in [-0.2, 0) is 4.79 Å². The number of carbonyl (C=O) groups is 2. The maximum atomic E-state index is 13.1. The van der Waals surface area contributed by atoms with Gasteiger partial charge in [-0.2, -0.15) is 23.5 Å². The third-order valence-electron chi connectivity index (χ3n) is 6.70. The minimum absolute atomic E-state index is 0.179. The van der Waals surface area contributed by atoms with Gasteiger partial charge in [-0.3, -0.25) is 9.48 Å². The van der Waals surface area contributed by atoms with Gasteiger partial charge in [0.1, 0.15) is 23.5 Å². The van der Waals surface area contributed by atoms with Gasteiger partial charge in [0.25, 0.3) is 5.91 Å². The van der Waals surface area contributed by atoms with Crippen LogP contribution < -0.4 is 10.1 Å². The van der Waals surface area contributed by atoms with E-state index in [1.165, 1.54) is 6.33 Å². The Morgan fingerprint density at radius 2 is 1.72 bits per heavy atom. The molecule has 14 heteroatoms. The molecule has 3 aromatic carbocycles. The van der Waals surface area contributed by atoms with Crippen molar-refractivity contribution in [1.29, 1.82) is 5.26 Å². The number of carbonyl (C=O) groups excluding carboxylic acids is 1. The molecular formula is C33H24F3N7O4. The number of amides is 1. The molecule has 0 saturated carbocycles. The fourth-order valence-corrected chi connectivity index (χ4v) is 4.51. The Kier molecular flexibility index (Phi) is 9.56. The van der Waals surface area contributed by atoms with Crippen LogP contribution in [-0.4, -0.2) is 47.9 Å². The molecule has 6 aromatic rings. The number of aliphatic carboxylic acids is 1. The normalized spacial score (nSPS) is 11.5. The summed E-state index contributed by atoms with van der Waals surface area (Å²) in [4.78, 5) is 33.8. The summed E-state index contributed by atoms with van der Waals surface area (Å²) in [6, 6.07) is 27.7. The molecule has 47 heavy (non-hydrogen) atoms. The first kappa shape index (κ1) is 31.9. The second-order valence-electron chi connectivity index (χ2n) is 9.87. The Labute approximate surface area is 264 Å². The third kappa shape index (κ3) is 7.97. The van der Waals surface area contributed by atoms with Gasteiger partial charge < -0.3 is 20.1 Å². The number of anilines is 1. The summed E-state index contributed by atoms with van der Waals surface area (Å²) in [5, 5.41) is 25.1. The van der Waals surface area contributed by atoms with Gasteiger partial charge in [0.15, 0.2) is 0 Å². The average Bonchev–Trinajstić information content (AvgIpc) is 3.75. The Bertz CT molecular complexity index is 2040. The Balaban J connectivity index is 0.000000559. The number of hydrogen-bond donors (Lipinski definition) is 3. The highest BCUT2D eigenvalue weighted by molar-refractivity contribution is 6.04. The predicted molar refractivity (Wildman–Crippen MR) is 165 cm³/mol. The fraction of sp³-hybridized carbons (Fsp3) is 0.0909. The number of halogens is 3. The lowest BCUT2D eigenvalue weighted by atomic mass is 10.0. The third-order valence-corrected chi connectivity index (χ3v) is 6.70. The van der Waals surface area contributed by atoms with Crippen LogP contribution >= 0.6 is 0 Å². The molecule has 0 radical (unpaired) electrons. The van der Waals surface area contributed by atoms with Crippen molar-refractivity contribution in [3.8, 4) is 28.8 Å². The minimum Gasteiger partial charge on any atom is -0.475 e. The summed E-state index contributed by atoms with van der Waals surface area (Å²) in [5.74, 6) is -1.61. The largest absolute Gasteiger partial charge is 0.490 e. The van der Waals surface area contributed by atoms with Crippen LogP contribution in [0.3, 0.4) is 0 Å². The van der Waals surface area contributed by atoms with Crippen LogP contribution in [0.1, 0.15) is 28.4 Å². The maximum Gasteiger partial charge on any atom is 0.490 e. The summed E-state index contributed by atoms with van der Waals surface area (Å²) >= 11 is 0. The molecule has 0 aliphatic rings. The van der Waals surface area contributed by atoms with Crippen molar-refractivity contribution in [2.75, 3.05) is 5.32 Å². The van der Waals surface area contributed by atoms with E-state index in [-0.39, 0.29) is 18.4 Å². The van der Waals surface area contributed by atoms with E-state index in [0.29, 0.717) is 17.0 Å². The average molecular weight is 640 g/mol. The van der Waals surface area contributed by atoms with Crippen LogP contribution in [0, 0.1) is 11.3 Å². The number of aromatic nitrogens is 5. The zero-order valence-corrected chi connectivity index (χ0v) is 24.2. The summed E-state index contributed by atoms with van der Waals surface area (Å²) in [5.41, 5.74) is 4.21. The molecule has 0 aliphatic carbocycles. The van der Waals surface area contributed by atoms with Gasteiger partial charge in [0.05, 0.1) is 30.4 Å². The molecule has 0 saturated heterocycles. The zero-order chi connectivity index (χ0) is 33.4. The van der Waals surface area contributed by atoms with Gasteiger partial charge in [-0.1, -0.05) is 30.3 Å². The summed E-state index contributed by atoms with van der Waals surface area (Å²) in [7, 11) is 0. The molecule has 0 aliphatic heterocycles. The first-order valence-corrected chi connectivity index (χ1v) is 13.9. The highest BCUT2D eigenvalue weighted by atomic mass is 19.4. The lowest BCUT2D eigenvalue weighted by Gasteiger charge is -2.16. The van der Waals surface area contributed by atoms with E-state index in [4.69, 9.17) is 14.6 Å². The number of alkyl halides is 3. The molecule has 0 fully saturated rings. The number of rotatable bonds is 8. The van der Waals surface area contributed by atoms with Gasteiger partial charge in [0, 0.05) is 34.6 Å². The first-order valence-electron chi connectivity index (χ1n) is 13.9. The minimum atomic E-state index is -5.08. The molecule has 1 unspecified atom stereocenters. The van der Waals surface area contributed by atoms with Crippen molar-refractivity contribution in [1.82, 2.24) is 24.7 Å². The van der Waals surface area contributed by atoms with E-state index in [9.17, 15) is 23.2 Å². The van der Waals surface area contributed by atoms with E-state index >= 15 is 0 Å². The van der Waals surface area contributed by atoms with Crippen LogP contribution in [0.2, 0.25) is 0 Å². The van der Waals surface area contributed by atoms with Crippen LogP contribution in [0.25, 0.3) is 22.3 Å². The molecule has 11 nitrogen and oxygen atoms in total. The van der Waals surface area contributed by atoms with Crippen molar-refractivity contribution in [2.45, 2.75) is 18.6 Å². The molecule has 0 bridgehead atoms. The van der Waals surface area contributed by atoms with E-state index in [1.54, 1.807) is 47.3 Å². The standard InChI is InChI=1S/C31H23N7O2.C2HF3O2/c32-15-13-28(38-19-23(18-36-38)29-27-14-16-33-30(27)35-20-34-29)21-5-4-6-22(17-21)31(39)37-24-9-11-26(12-10-24)40-25-7-2-1-3-8-25;3-2(4,5)1(6)7/h1-12,14,16-20,28H,13H2,(H,37,39)(H,33,34,35);(H,6,7). The second-order valence-corrected chi connectivity index (χ2v) is 9.87. The highest BCUT2D eigenvalue weighted by Crippen LogP contribution is 2.29. The summed E-state index contributed by atoms with van der Waals surface area (Å²) in [6.07, 6.45) is 2.00. The van der Waals surface area contributed by atoms with Crippen LogP contribution in [0.5, 0.6) is 11.5 Å². The highest BCUT2D eigenvalue weighted by Gasteiger charge is 2.38. The van der Waals surface area contributed by atoms with Crippen LogP contribution in [0.4, 0.5) is 18.9 Å². The second kappa shape index (κ2) is 14.1. The number of carboxylic acid groups (broad SMARTS) is 1. The molecule has 3 aromatic heterocycles. The number of nitrogens with one attached hydrogen (secondary N) is 2. The Morgan fingerprint density at radius 3 is 2.43 bits per heavy atom. The number of aromatic amines is 1. The number of nitriles is 1. The monoisotopic (exact) mass is 639 g/mol. The van der Waals surface area contributed by atoms with Crippen molar-refractivity contribution < 1.29 is 32.6 Å². The number of H-pyrrole nitrogens is 1. The molecule has 1 atom stereocenters.